The van der Waals surface area contributed by atoms with E-state index >= 15 is 0 Å². The number of aryl methyl sites for hydroxylation is 1. The zero-order valence-electron chi connectivity index (χ0n) is 8.92. The molecule has 0 atom stereocenters. The second-order valence-corrected chi connectivity index (χ2v) is 4.66. The molecule has 0 amide bonds. The standard InChI is InChI=1S/C12H16N2S/c1-8-5-9(12(13)15)7-11(6-8)14-10-3-2-4-10/h5-7,10,14H,2-4H2,1H3,(H2,13,15). The molecule has 0 aliphatic heterocycles. The summed E-state index contributed by atoms with van der Waals surface area (Å²) in [5, 5.41) is 3.50. The molecule has 0 radical (unpaired) electrons. The number of anilines is 1. The van der Waals surface area contributed by atoms with E-state index in [1.807, 2.05) is 12.1 Å². The van der Waals surface area contributed by atoms with Gasteiger partial charge in [0.05, 0.1) is 0 Å². The maximum atomic E-state index is 5.63. The summed E-state index contributed by atoms with van der Waals surface area (Å²) >= 11 is 4.99. The summed E-state index contributed by atoms with van der Waals surface area (Å²) in [6.45, 7) is 2.06. The van der Waals surface area contributed by atoms with Crippen molar-refractivity contribution in [1.29, 1.82) is 0 Å². The minimum Gasteiger partial charge on any atom is -0.389 e. The highest BCUT2D eigenvalue weighted by Gasteiger charge is 2.16. The van der Waals surface area contributed by atoms with Gasteiger partial charge >= 0.3 is 0 Å². The lowest BCUT2D eigenvalue weighted by Gasteiger charge is -2.27. The number of hydrogen-bond acceptors (Lipinski definition) is 2. The van der Waals surface area contributed by atoms with Crippen molar-refractivity contribution in [3.8, 4) is 0 Å². The summed E-state index contributed by atoms with van der Waals surface area (Å²) in [6.07, 6.45) is 3.89. The lowest BCUT2D eigenvalue weighted by Crippen LogP contribution is -2.27. The molecule has 1 saturated carbocycles. The van der Waals surface area contributed by atoms with Crippen molar-refractivity contribution in [1.82, 2.24) is 0 Å². The highest BCUT2D eigenvalue weighted by Crippen LogP contribution is 2.24. The minimum absolute atomic E-state index is 0.468. The van der Waals surface area contributed by atoms with Crippen molar-refractivity contribution in [2.45, 2.75) is 32.2 Å². The Bertz CT molecular complexity index is 383. The molecule has 3 N–H and O–H groups in total. The molecule has 1 aromatic rings. The van der Waals surface area contributed by atoms with Crippen LogP contribution in [0.3, 0.4) is 0 Å². The first-order valence-electron chi connectivity index (χ1n) is 5.33. The largest absolute Gasteiger partial charge is 0.389 e. The third kappa shape index (κ3) is 2.48. The van der Waals surface area contributed by atoms with Gasteiger partial charge in [0.2, 0.25) is 0 Å². The number of benzene rings is 1. The summed E-state index contributed by atoms with van der Waals surface area (Å²) in [7, 11) is 0. The van der Waals surface area contributed by atoms with Crippen LogP contribution >= 0.6 is 12.2 Å². The van der Waals surface area contributed by atoms with Crippen molar-refractivity contribution >= 4 is 22.9 Å². The van der Waals surface area contributed by atoms with E-state index in [0.29, 0.717) is 11.0 Å². The molecule has 0 spiro atoms. The van der Waals surface area contributed by atoms with Gasteiger partial charge in [0.1, 0.15) is 4.99 Å². The molecule has 1 aromatic carbocycles. The molecular formula is C12H16N2S. The molecule has 3 heteroatoms. The average molecular weight is 220 g/mol. The summed E-state index contributed by atoms with van der Waals surface area (Å²) in [5.41, 5.74) is 8.92. The maximum absolute atomic E-state index is 5.63. The highest BCUT2D eigenvalue weighted by molar-refractivity contribution is 7.80. The van der Waals surface area contributed by atoms with Crippen molar-refractivity contribution in [2.24, 2.45) is 5.73 Å². The van der Waals surface area contributed by atoms with Gasteiger partial charge < -0.3 is 11.1 Å². The first-order chi connectivity index (χ1) is 7.15. The van der Waals surface area contributed by atoms with Crippen molar-refractivity contribution < 1.29 is 0 Å². The lowest BCUT2D eigenvalue weighted by atomic mass is 9.93. The van der Waals surface area contributed by atoms with E-state index in [4.69, 9.17) is 18.0 Å². The number of thiocarbonyl (C=S) groups is 1. The Kier molecular flexibility index (Phi) is 2.91. The topological polar surface area (TPSA) is 38.0 Å². The van der Waals surface area contributed by atoms with E-state index in [1.165, 1.54) is 24.8 Å². The Morgan fingerprint density at radius 1 is 1.40 bits per heavy atom. The van der Waals surface area contributed by atoms with Crippen LogP contribution in [-0.2, 0) is 0 Å². The first kappa shape index (κ1) is 10.4. The highest BCUT2D eigenvalue weighted by atomic mass is 32.1. The molecule has 0 bridgehead atoms. The maximum Gasteiger partial charge on any atom is 0.104 e. The van der Waals surface area contributed by atoms with Gasteiger partial charge in [-0.25, -0.2) is 0 Å². The molecule has 0 unspecified atom stereocenters. The van der Waals surface area contributed by atoms with Gasteiger partial charge in [-0.3, -0.25) is 0 Å². The van der Waals surface area contributed by atoms with Gasteiger partial charge in [-0.15, -0.1) is 0 Å². The van der Waals surface area contributed by atoms with Crippen molar-refractivity contribution in [3.05, 3.63) is 29.3 Å². The summed E-state index contributed by atoms with van der Waals surface area (Å²) in [4.78, 5) is 0.468. The van der Waals surface area contributed by atoms with E-state index in [-0.39, 0.29) is 0 Å². The normalized spacial score (nSPS) is 15.8. The van der Waals surface area contributed by atoms with Crippen molar-refractivity contribution in [3.63, 3.8) is 0 Å². The molecule has 0 aromatic heterocycles. The summed E-state index contributed by atoms with van der Waals surface area (Å²) in [5.74, 6) is 0. The lowest BCUT2D eigenvalue weighted by molar-refractivity contribution is 0.445. The SMILES string of the molecule is Cc1cc(NC2CCC2)cc(C(N)=S)c1. The van der Waals surface area contributed by atoms with Crippen LogP contribution in [0, 0.1) is 6.92 Å². The number of rotatable bonds is 3. The fraction of sp³-hybridized carbons (Fsp3) is 0.417. The monoisotopic (exact) mass is 220 g/mol. The Morgan fingerprint density at radius 3 is 2.67 bits per heavy atom. The number of hydrogen-bond donors (Lipinski definition) is 2. The predicted octanol–water partition coefficient (Wildman–Crippen LogP) is 2.59. The fourth-order valence-electron chi connectivity index (χ4n) is 1.80. The Balaban J connectivity index is 2.18. The van der Waals surface area contributed by atoms with E-state index in [9.17, 15) is 0 Å². The van der Waals surface area contributed by atoms with Crippen LogP contribution in [0.5, 0.6) is 0 Å². The third-order valence-corrected chi connectivity index (χ3v) is 3.07. The molecule has 1 aliphatic carbocycles. The van der Waals surface area contributed by atoms with E-state index < -0.39 is 0 Å². The third-order valence-electron chi connectivity index (χ3n) is 2.84. The zero-order chi connectivity index (χ0) is 10.8. The predicted molar refractivity (Wildman–Crippen MR) is 68.3 cm³/mol. The van der Waals surface area contributed by atoms with E-state index in [0.717, 1.165) is 11.3 Å². The van der Waals surface area contributed by atoms with Gasteiger partial charge in [0.25, 0.3) is 0 Å². The first-order valence-corrected chi connectivity index (χ1v) is 5.74. The molecule has 2 nitrogen and oxygen atoms in total. The van der Waals surface area contributed by atoms with E-state index in [2.05, 4.69) is 18.3 Å². The number of nitrogens with two attached hydrogens (primary N) is 1. The second kappa shape index (κ2) is 4.19. The zero-order valence-corrected chi connectivity index (χ0v) is 9.73. The van der Waals surface area contributed by atoms with Crippen molar-refractivity contribution in [2.75, 3.05) is 5.32 Å². The molecule has 0 saturated heterocycles. The van der Waals surface area contributed by atoms with Crippen LogP contribution in [0.4, 0.5) is 5.69 Å². The van der Waals surface area contributed by atoms with Crippen LogP contribution in [0.2, 0.25) is 0 Å². The Hall–Kier alpha value is -1.09. The fourth-order valence-corrected chi connectivity index (χ4v) is 1.91. The van der Waals surface area contributed by atoms with Crippen LogP contribution in [-0.4, -0.2) is 11.0 Å². The van der Waals surface area contributed by atoms with Gasteiger partial charge in [0, 0.05) is 17.3 Å². The van der Waals surface area contributed by atoms with Gasteiger partial charge in [-0.1, -0.05) is 12.2 Å². The van der Waals surface area contributed by atoms with Crippen LogP contribution in [0.1, 0.15) is 30.4 Å². The van der Waals surface area contributed by atoms with E-state index in [1.54, 1.807) is 0 Å². The molecule has 1 aliphatic rings. The average Bonchev–Trinajstić information content (AvgIpc) is 2.10. The smallest absolute Gasteiger partial charge is 0.104 e. The number of nitrogens with one attached hydrogen (secondary N) is 1. The Labute approximate surface area is 95.9 Å². The van der Waals surface area contributed by atoms with Crippen LogP contribution in [0.25, 0.3) is 0 Å². The molecule has 2 rings (SSSR count). The van der Waals surface area contributed by atoms with Gasteiger partial charge in [-0.2, -0.15) is 0 Å². The van der Waals surface area contributed by atoms with Crippen LogP contribution in [0.15, 0.2) is 18.2 Å². The second-order valence-electron chi connectivity index (χ2n) is 4.22. The minimum atomic E-state index is 0.468. The molecule has 80 valence electrons. The Morgan fingerprint density at radius 2 is 2.13 bits per heavy atom. The van der Waals surface area contributed by atoms with Crippen LogP contribution < -0.4 is 11.1 Å². The quantitative estimate of drug-likeness (QED) is 0.769. The molecule has 0 heterocycles. The molecule has 15 heavy (non-hydrogen) atoms. The molecular weight excluding hydrogens is 204 g/mol. The summed E-state index contributed by atoms with van der Waals surface area (Å²) in [6, 6.07) is 6.84. The van der Waals surface area contributed by atoms with Gasteiger partial charge in [-0.05, 0) is 49.9 Å². The molecule has 1 fully saturated rings. The van der Waals surface area contributed by atoms with Gasteiger partial charge in [0.15, 0.2) is 0 Å². The summed E-state index contributed by atoms with van der Waals surface area (Å²) < 4.78 is 0.